The van der Waals surface area contributed by atoms with Gasteiger partial charge in [-0.25, -0.2) is 18.0 Å². The normalized spacial score (nSPS) is 10.8. The molecule has 0 saturated carbocycles. The summed E-state index contributed by atoms with van der Waals surface area (Å²) in [6.07, 6.45) is 0. The predicted molar refractivity (Wildman–Crippen MR) is 101 cm³/mol. The van der Waals surface area contributed by atoms with Crippen LogP contribution in [0, 0.1) is 0 Å². The Balaban J connectivity index is 2.32. The summed E-state index contributed by atoms with van der Waals surface area (Å²) in [5, 5.41) is 2.57. The molecule has 1 N–H and O–H groups in total. The highest BCUT2D eigenvalue weighted by molar-refractivity contribution is 7.91. The molecular weight excluding hydrogens is 386 g/mol. The number of hydrogen-bond donors (Lipinski definition) is 1. The van der Waals surface area contributed by atoms with Gasteiger partial charge < -0.3 is 14.8 Å². The smallest absolute Gasteiger partial charge is 0.337 e. The molecule has 9 heteroatoms. The van der Waals surface area contributed by atoms with Crippen LogP contribution in [0.4, 0.5) is 5.69 Å². The molecule has 28 heavy (non-hydrogen) atoms. The van der Waals surface area contributed by atoms with Gasteiger partial charge in [-0.15, -0.1) is 0 Å². The summed E-state index contributed by atoms with van der Waals surface area (Å²) >= 11 is 0. The summed E-state index contributed by atoms with van der Waals surface area (Å²) < 4.78 is 33.0. The van der Waals surface area contributed by atoms with Gasteiger partial charge in [0.05, 0.1) is 36.0 Å². The van der Waals surface area contributed by atoms with Crippen LogP contribution in [0.1, 0.15) is 38.0 Å². The summed E-state index contributed by atoms with van der Waals surface area (Å²) in [6.45, 7) is 1.53. The van der Waals surface area contributed by atoms with Crippen LogP contribution >= 0.6 is 0 Å². The average molecular weight is 405 g/mol. The number of methoxy groups -OCH3 is 2. The minimum absolute atomic E-state index is 0.0465. The van der Waals surface area contributed by atoms with Gasteiger partial charge in [0.2, 0.25) is 0 Å². The third-order valence-corrected chi connectivity index (χ3v) is 5.64. The maximum Gasteiger partial charge on any atom is 0.337 e. The molecule has 0 aliphatic rings. The highest BCUT2D eigenvalue weighted by atomic mass is 32.2. The van der Waals surface area contributed by atoms with Crippen molar-refractivity contribution in [2.45, 2.75) is 11.8 Å². The molecule has 0 bridgehead atoms. The van der Waals surface area contributed by atoms with Gasteiger partial charge in [-0.3, -0.25) is 4.79 Å². The van der Waals surface area contributed by atoms with E-state index in [2.05, 4.69) is 14.8 Å². The minimum Gasteiger partial charge on any atom is -0.465 e. The molecule has 0 fully saturated rings. The SMILES string of the molecule is CCS(=O)(=O)c1ccc(C(=O)Nc2cc(C(=O)OC)cc(C(=O)OC)c2)cc1. The molecule has 2 rings (SSSR count). The summed E-state index contributed by atoms with van der Waals surface area (Å²) in [4.78, 5) is 36.2. The predicted octanol–water partition coefficient (Wildman–Crippen LogP) is 2.31. The lowest BCUT2D eigenvalue weighted by Crippen LogP contribution is -2.14. The molecule has 0 aliphatic carbocycles. The molecule has 0 atom stereocenters. The van der Waals surface area contributed by atoms with Crippen molar-refractivity contribution in [1.82, 2.24) is 0 Å². The highest BCUT2D eigenvalue weighted by Gasteiger charge is 2.16. The van der Waals surface area contributed by atoms with Crippen molar-refractivity contribution in [2.24, 2.45) is 0 Å². The Morgan fingerprint density at radius 1 is 0.857 bits per heavy atom. The van der Waals surface area contributed by atoms with E-state index in [0.717, 1.165) is 0 Å². The van der Waals surface area contributed by atoms with Crippen molar-refractivity contribution < 1.29 is 32.3 Å². The number of nitrogens with one attached hydrogen (secondary N) is 1. The number of amides is 1. The van der Waals surface area contributed by atoms with E-state index in [0.29, 0.717) is 0 Å². The summed E-state index contributed by atoms with van der Waals surface area (Å²) in [7, 11) is -0.987. The third-order valence-electron chi connectivity index (χ3n) is 3.89. The van der Waals surface area contributed by atoms with Gasteiger partial charge in [-0.1, -0.05) is 6.92 Å². The van der Waals surface area contributed by atoms with Crippen LogP contribution in [-0.2, 0) is 19.3 Å². The van der Waals surface area contributed by atoms with Crippen LogP contribution < -0.4 is 5.32 Å². The van der Waals surface area contributed by atoms with Crippen molar-refractivity contribution in [1.29, 1.82) is 0 Å². The number of anilines is 1. The molecule has 1 amide bonds. The minimum atomic E-state index is -3.37. The van der Waals surface area contributed by atoms with Crippen molar-refractivity contribution in [2.75, 3.05) is 25.3 Å². The molecule has 0 heterocycles. The fraction of sp³-hybridized carbons (Fsp3) is 0.211. The number of sulfone groups is 1. The molecule has 0 unspecified atom stereocenters. The molecule has 8 nitrogen and oxygen atoms in total. The standard InChI is InChI=1S/C19H19NO7S/c1-4-28(24,25)16-7-5-12(6-8-16)17(21)20-15-10-13(18(22)26-2)9-14(11-15)19(23)27-3/h5-11H,4H2,1-3H3,(H,20,21). The highest BCUT2D eigenvalue weighted by Crippen LogP contribution is 2.19. The second-order valence-electron chi connectivity index (χ2n) is 5.66. The van der Waals surface area contributed by atoms with E-state index in [1.807, 2.05) is 0 Å². The van der Waals surface area contributed by atoms with Crippen LogP contribution in [0.5, 0.6) is 0 Å². The van der Waals surface area contributed by atoms with Crippen molar-refractivity contribution in [3.05, 3.63) is 59.2 Å². The largest absolute Gasteiger partial charge is 0.465 e. The molecule has 148 valence electrons. The van der Waals surface area contributed by atoms with Crippen LogP contribution in [0.2, 0.25) is 0 Å². The Morgan fingerprint density at radius 3 is 1.79 bits per heavy atom. The number of carbonyl (C=O) groups excluding carboxylic acids is 3. The zero-order valence-corrected chi connectivity index (χ0v) is 16.3. The number of esters is 2. The first-order valence-electron chi connectivity index (χ1n) is 8.17. The summed E-state index contributed by atoms with van der Waals surface area (Å²) in [5.41, 5.74) is 0.506. The maximum absolute atomic E-state index is 12.5. The van der Waals surface area contributed by atoms with Crippen LogP contribution in [0.3, 0.4) is 0 Å². The first kappa shape index (κ1) is 21.1. The van der Waals surface area contributed by atoms with E-state index in [1.54, 1.807) is 0 Å². The van der Waals surface area contributed by atoms with Gasteiger partial charge in [-0.05, 0) is 42.5 Å². The lowest BCUT2D eigenvalue weighted by Gasteiger charge is -2.10. The Bertz CT molecular complexity index is 977. The van der Waals surface area contributed by atoms with Gasteiger partial charge in [0.15, 0.2) is 9.84 Å². The molecule has 0 radical (unpaired) electrons. The Kier molecular flexibility index (Phi) is 6.53. The second kappa shape index (κ2) is 8.66. The van der Waals surface area contributed by atoms with E-state index >= 15 is 0 Å². The molecule has 0 aliphatic heterocycles. The zero-order valence-electron chi connectivity index (χ0n) is 15.5. The number of carbonyl (C=O) groups is 3. The number of hydrogen-bond acceptors (Lipinski definition) is 7. The lowest BCUT2D eigenvalue weighted by atomic mass is 10.1. The van der Waals surface area contributed by atoms with Crippen LogP contribution in [-0.4, -0.2) is 46.2 Å². The van der Waals surface area contributed by atoms with Crippen molar-refractivity contribution >= 4 is 33.4 Å². The number of benzene rings is 2. The average Bonchev–Trinajstić information content (AvgIpc) is 2.72. The van der Waals surface area contributed by atoms with Gasteiger partial charge in [0.25, 0.3) is 5.91 Å². The summed E-state index contributed by atoms with van der Waals surface area (Å²) in [5.74, 6) is -1.96. The zero-order chi connectivity index (χ0) is 20.9. The van der Waals surface area contributed by atoms with Gasteiger partial charge in [0.1, 0.15) is 0 Å². The van der Waals surface area contributed by atoms with Crippen molar-refractivity contribution in [3.63, 3.8) is 0 Å². The fourth-order valence-electron chi connectivity index (χ4n) is 2.35. The maximum atomic E-state index is 12.5. The molecule has 0 saturated heterocycles. The second-order valence-corrected chi connectivity index (χ2v) is 7.94. The number of ether oxygens (including phenoxy) is 2. The molecule has 0 aromatic heterocycles. The monoisotopic (exact) mass is 405 g/mol. The van der Waals surface area contributed by atoms with Gasteiger partial charge >= 0.3 is 11.9 Å². The van der Waals surface area contributed by atoms with E-state index in [-0.39, 0.29) is 33.0 Å². The quantitative estimate of drug-likeness (QED) is 0.733. The molecule has 0 spiro atoms. The third kappa shape index (κ3) is 4.74. The van der Waals surface area contributed by atoms with Crippen molar-refractivity contribution in [3.8, 4) is 0 Å². The van der Waals surface area contributed by atoms with Crippen LogP contribution in [0.25, 0.3) is 0 Å². The van der Waals surface area contributed by atoms with E-state index < -0.39 is 27.7 Å². The van der Waals surface area contributed by atoms with Gasteiger partial charge in [-0.2, -0.15) is 0 Å². The fourth-order valence-corrected chi connectivity index (χ4v) is 3.24. The van der Waals surface area contributed by atoms with Crippen LogP contribution in [0.15, 0.2) is 47.4 Å². The Labute approximate surface area is 162 Å². The topological polar surface area (TPSA) is 116 Å². The van der Waals surface area contributed by atoms with E-state index in [4.69, 9.17) is 0 Å². The molecular formula is C19H19NO7S. The first-order valence-corrected chi connectivity index (χ1v) is 9.83. The Morgan fingerprint density at radius 2 is 1.36 bits per heavy atom. The first-order chi connectivity index (χ1) is 13.2. The molecule has 2 aromatic rings. The van der Waals surface area contributed by atoms with E-state index in [1.165, 1.54) is 63.6 Å². The Hall–Kier alpha value is -3.20. The number of rotatable bonds is 6. The lowest BCUT2D eigenvalue weighted by molar-refractivity contribution is 0.0599. The van der Waals surface area contributed by atoms with Gasteiger partial charge in [0, 0.05) is 11.3 Å². The molecule has 2 aromatic carbocycles. The van der Waals surface area contributed by atoms with E-state index in [9.17, 15) is 22.8 Å². The summed E-state index contributed by atoms with van der Waals surface area (Å²) in [6, 6.07) is 9.44.